The van der Waals surface area contributed by atoms with Crippen molar-refractivity contribution in [2.24, 2.45) is 0 Å². The molecule has 1 aliphatic heterocycles. The number of rotatable bonds is 6. The minimum absolute atomic E-state index is 0.0407. The molecule has 0 radical (unpaired) electrons. The van der Waals surface area contributed by atoms with Crippen LogP contribution in [-0.2, 0) is 21.4 Å². The Labute approximate surface area is 172 Å². The number of hydrogen-bond acceptors (Lipinski definition) is 5. The van der Waals surface area contributed by atoms with Gasteiger partial charge in [-0.05, 0) is 74.2 Å². The Hall–Kier alpha value is -2.22. The lowest BCUT2D eigenvalue weighted by Crippen LogP contribution is -2.40. The van der Waals surface area contributed by atoms with Crippen LogP contribution in [0.2, 0.25) is 0 Å². The first-order chi connectivity index (χ1) is 13.7. The van der Waals surface area contributed by atoms with Gasteiger partial charge in [-0.2, -0.15) is 4.31 Å². The molecule has 0 saturated carbocycles. The van der Waals surface area contributed by atoms with Crippen molar-refractivity contribution in [1.82, 2.24) is 4.31 Å². The monoisotopic (exact) mass is 417 g/mol. The third-order valence-electron chi connectivity index (χ3n) is 5.30. The topological polar surface area (TPSA) is 72.9 Å². The maximum absolute atomic E-state index is 12.7. The van der Waals surface area contributed by atoms with E-state index in [4.69, 9.17) is 9.47 Å². The number of nitrogens with zero attached hydrogens (tertiary/aromatic N) is 1. The summed E-state index contributed by atoms with van der Waals surface area (Å²) in [5.41, 5.74) is 4.68. The number of carbonyl (C=O) groups excluding carboxylic acids is 1. The number of ether oxygens (including phenoxy) is 2. The molecule has 1 heterocycles. The number of benzene rings is 2. The second-order valence-electron chi connectivity index (χ2n) is 7.32. The molecule has 2 aromatic carbocycles. The van der Waals surface area contributed by atoms with Crippen molar-refractivity contribution in [3.8, 4) is 5.75 Å². The molecule has 3 rings (SSSR count). The third-order valence-corrected chi connectivity index (χ3v) is 7.21. The Morgan fingerprint density at radius 2 is 1.69 bits per heavy atom. The Kier molecular flexibility index (Phi) is 6.41. The zero-order valence-electron chi connectivity index (χ0n) is 17.3. The van der Waals surface area contributed by atoms with E-state index < -0.39 is 10.0 Å². The smallest absolute Gasteiger partial charge is 0.243 e. The van der Waals surface area contributed by atoms with Gasteiger partial charge < -0.3 is 9.47 Å². The Morgan fingerprint density at radius 1 is 1.07 bits per heavy atom. The van der Waals surface area contributed by atoms with Gasteiger partial charge in [-0.3, -0.25) is 4.79 Å². The molecule has 0 bridgehead atoms. The van der Waals surface area contributed by atoms with E-state index >= 15 is 0 Å². The van der Waals surface area contributed by atoms with Gasteiger partial charge >= 0.3 is 0 Å². The molecule has 0 aliphatic carbocycles. The molecule has 2 aromatic rings. The molecule has 1 fully saturated rings. The van der Waals surface area contributed by atoms with E-state index in [1.54, 1.807) is 31.2 Å². The van der Waals surface area contributed by atoms with Gasteiger partial charge in [0.2, 0.25) is 10.0 Å². The molecule has 0 N–H and O–H groups in total. The minimum atomic E-state index is -3.52. The number of hydrogen-bond donors (Lipinski definition) is 0. The lowest BCUT2D eigenvalue weighted by Gasteiger charge is -2.26. The molecule has 29 heavy (non-hydrogen) atoms. The highest BCUT2D eigenvalue weighted by molar-refractivity contribution is 7.89. The average Bonchev–Trinajstić information content (AvgIpc) is 2.68. The molecule has 156 valence electrons. The molecule has 0 spiro atoms. The summed E-state index contributed by atoms with van der Waals surface area (Å²) < 4.78 is 38.0. The van der Waals surface area contributed by atoms with Gasteiger partial charge in [-0.25, -0.2) is 8.42 Å². The van der Waals surface area contributed by atoms with Crippen molar-refractivity contribution >= 4 is 15.8 Å². The molecule has 7 heteroatoms. The van der Waals surface area contributed by atoms with Gasteiger partial charge in [-0.15, -0.1) is 0 Å². The third kappa shape index (κ3) is 4.52. The normalized spacial score (nSPS) is 15.3. The van der Waals surface area contributed by atoms with Crippen LogP contribution in [0, 0.1) is 20.8 Å². The van der Waals surface area contributed by atoms with Gasteiger partial charge in [0, 0.05) is 18.7 Å². The van der Waals surface area contributed by atoms with Crippen LogP contribution < -0.4 is 4.74 Å². The standard InChI is InChI=1S/C22H27NO5S/c1-15-13-16(2)22(18(4)24)17(3)21(15)14-28-19-5-7-20(8-6-19)29(25,26)23-9-11-27-12-10-23/h5-8,13H,9-12,14H2,1-4H3. The molecule has 0 atom stereocenters. The summed E-state index contributed by atoms with van der Waals surface area (Å²) in [5, 5.41) is 0. The van der Waals surface area contributed by atoms with E-state index in [0.717, 1.165) is 27.8 Å². The van der Waals surface area contributed by atoms with Crippen LogP contribution >= 0.6 is 0 Å². The van der Waals surface area contributed by atoms with Crippen molar-refractivity contribution < 1.29 is 22.7 Å². The fraction of sp³-hybridized carbons (Fsp3) is 0.409. The molecule has 1 saturated heterocycles. The summed E-state index contributed by atoms with van der Waals surface area (Å²) in [4.78, 5) is 12.2. The van der Waals surface area contributed by atoms with E-state index in [9.17, 15) is 13.2 Å². The molecular formula is C22H27NO5S. The minimum Gasteiger partial charge on any atom is -0.489 e. The highest BCUT2D eigenvalue weighted by Gasteiger charge is 2.26. The summed E-state index contributed by atoms with van der Waals surface area (Å²) in [6.45, 7) is 9.33. The molecule has 6 nitrogen and oxygen atoms in total. The Balaban J connectivity index is 1.76. The average molecular weight is 418 g/mol. The van der Waals surface area contributed by atoms with Crippen molar-refractivity contribution in [2.45, 2.75) is 39.2 Å². The van der Waals surface area contributed by atoms with Crippen molar-refractivity contribution in [3.05, 3.63) is 58.1 Å². The highest BCUT2D eigenvalue weighted by Crippen LogP contribution is 2.25. The quantitative estimate of drug-likeness (QED) is 0.674. The van der Waals surface area contributed by atoms with Gasteiger partial charge in [0.05, 0.1) is 18.1 Å². The second kappa shape index (κ2) is 8.65. The first-order valence-electron chi connectivity index (χ1n) is 9.63. The first kappa shape index (κ1) is 21.5. The van der Waals surface area contributed by atoms with Gasteiger partial charge in [0.15, 0.2) is 5.78 Å². The van der Waals surface area contributed by atoms with Crippen LogP contribution in [-0.4, -0.2) is 44.8 Å². The van der Waals surface area contributed by atoms with E-state index in [1.165, 1.54) is 4.31 Å². The van der Waals surface area contributed by atoms with Crippen molar-refractivity contribution in [1.29, 1.82) is 0 Å². The van der Waals surface area contributed by atoms with Crippen LogP contribution in [0.25, 0.3) is 0 Å². The van der Waals surface area contributed by atoms with E-state index in [1.807, 2.05) is 26.8 Å². The van der Waals surface area contributed by atoms with Crippen molar-refractivity contribution in [2.75, 3.05) is 26.3 Å². The Morgan fingerprint density at radius 3 is 2.28 bits per heavy atom. The van der Waals surface area contributed by atoms with E-state index in [0.29, 0.717) is 38.7 Å². The SMILES string of the molecule is CC(=O)c1c(C)cc(C)c(COc2ccc(S(=O)(=O)N3CCOCC3)cc2)c1C. The molecule has 0 unspecified atom stereocenters. The molecule has 1 aliphatic rings. The summed E-state index contributed by atoms with van der Waals surface area (Å²) >= 11 is 0. The van der Waals surface area contributed by atoms with Gasteiger partial charge in [-0.1, -0.05) is 6.07 Å². The largest absolute Gasteiger partial charge is 0.489 e. The fourth-order valence-corrected chi connectivity index (χ4v) is 5.20. The zero-order valence-corrected chi connectivity index (χ0v) is 18.1. The van der Waals surface area contributed by atoms with Crippen LogP contribution in [0.15, 0.2) is 35.2 Å². The van der Waals surface area contributed by atoms with Crippen LogP contribution in [0.4, 0.5) is 0 Å². The number of Topliss-reactive ketones (excluding diaryl/α,β-unsaturated/α-hetero) is 1. The fourth-order valence-electron chi connectivity index (χ4n) is 3.79. The summed E-state index contributed by atoms with van der Waals surface area (Å²) in [7, 11) is -3.52. The number of aryl methyl sites for hydroxylation is 2. The predicted molar refractivity (Wildman–Crippen MR) is 111 cm³/mol. The van der Waals surface area contributed by atoms with Gasteiger partial charge in [0.25, 0.3) is 0 Å². The maximum Gasteiger partial charge on any atom is 0.243 e. The highest BCUT2D eigenvalue weighted by atomic mass is 32.2. The maximum atomic E-state index is 12.7. The predicted octanol–water partition coefficient (Wildman–Crippen LogP) is 3.41. The summed E-state index contributed by atoms with van der Waals surface area (Å²) in [6, 6.07) is 8.46. The number of ketones is 1. The lowest BCUT2D eigenvalue weighted by molar-refractivity contribution is 0.0730. The number of carbonyl (C=O) groups is 1. The van der Waals surface area contributed by atoms with Crippen LogP contribution in [0.1, 0.15) is 39.5 Å². The molecule has 0 aromatic heterocycles. The molecular weight excluding hydrogens is 390 g/mol. The van der Waals surface area contributed by atoms with Gasteiger partial charge in [0.1, 0.15) is 12.4 Å². The van der Waals surface area contributed by atoms with E-state index in [2.05, 4.69) is 0 Å². The summed E-state index contributed by atoms with van der Waals surface area (Å²) in [6.07, 6.45) is 0. The Bertz CT molecular complexity index is 1010. The first-order valence-corrected chi connectivity index (χ1v) is 11.1. The zero-order chi connectivity index (χ0) is 21.2. The number of sulfonamides is 1. The molecule has 0 amide bonds. The van der Waals surface area contributed by atoms with E-state index in [-0.39, 0.29) is 10.7 Å². The second-order valence-corrected chi connectivity index (χ2v) is 9.26. The van der Waals surface area contributed by atoms with Crippen LogP contribution in [0.3, 0.4) is 0 Å². The lowest BCUT2D eigenvalue weighted by atomic mass is 9.92. The van der Waals surface area contributed by atoms with Crippen LogP contribution in [0.5, 0.6) is 5.75 Å². The number of morpholine rings is 1. The van der Waals surface area contributed by atoms with Crippen molar-refractivity contribution in [3.63, 3.8) is 0 Å². The summed E-state index contributed by atoms with van der Waals surface area (Å²) in [5.74, 6) is 0.619.